The van der Waals surface area contributed by atoms with Crippen molar-refractivity contribution in [2.45, 2.75) is 25.7 Å². The van der Waals surface area contributed by atoms with Gasteiger partial charge in [0, 0.05) is 36.8 Å². The monoisotopic (exact) mass is 355 g/mol. The van der Waals surface area contributed by atoms with Gasteiger partial charge in [0.15, 0.2) is 0 Å². The highest BCUT2D eigenvalue weighted by Gasteiger charge is 2.24. The third kappa shape index (κ3) is 3.31. The van der Waals surface area contributed by atoms with E-state index in [0.717, 1.165) is 61.0 Å². The van der Waals surface area contributed by atoms with Crippen molar-refractivity contribution in [2.24, 2.45) is 0 Å². The van der Waals surface area contributed by atoms with Crippen molar-refractivity contribution in [1.82, 2.24) is 0 Å². The van der Waals surface area contributed by atoms with Crippen LogP contribution in [-0.2, 0) is 4.79 Å². The Morgan fingerprint density at radius 2 is 1.24 bits per heavy atom. The molecule has 2 fully saturated rings. The van der Waals surface area contributed by atoms with Crippen LogP contribution in [0.25, 0.3) is 0 Å². The topological polar surface area (TPSA) is 26.8 Å². The minimum atomic E-state index is 0.239. The fourth-order valence-corrected chi connectivity index (χ4v) is 3.77. The molecule has 0 unspecified atom stereocenters. The van der Waals surface area contributed by atoms with E-state index in [9.17, 15) is 4.79 Å². The number of carbonyl (C=O) groups excluding carboxylic acids is 1. The lowest BCUT2D eigenvalue weighted by atomic mass is 10.1. The van der Waals surface area contributed by atoms with E-state index in [-0.39, 0.29) is 5.91 Å². The number of piperidine rings is 1. The molecule has 130 valence electrons. The first-order chi connectivity index (χ1) is 12.2. The Balaban J connectivity index is 1.54. The Hall–Kier alpha value is -2.20. The van der Waals surface area contributed by atoms with Gasteiger partial charge in [-0.15, -0.1) is 0 Å². The van der Waals surface area contributed by atoms with Crippen LogP contribution in [-0.4, -0.2) is 25.5 Å². The second kappa shape index (κ2) is 6.96. The predicted octanol–water partition coefficient (Wildman–Crippen LogP) is 4.49. The summed E-state index contributed by atoms with van der Waals surface area (Å²) < 4.78 is 0. The lowest BCUT2D eigenvalue weighted by molar-refractivity contribution is -0.119. The first kappa shape index (κ1) is 16.3. The highest BCUT2D eigenvalue weighted by molar-refractivity contribution is 6.30. The molecule has 0 radical (unpaired) electrons. The maximum atomic E-state index is 12.1. The lowest BCUT2D eigenvalue weighted by Crippen LogP contribution is -2.37. The summed E-state index contributed by atoms with van der Waals surface area (Å²) in [7, 11) is 0. The van der Waals surface area contributed by atoms with E-state index >= 15 is 0 Å². The number of nitrogens with zero attached hydrogens (tertiary/aromatic N) is 3. The number of amides is 1. The molecule has 5 heteroatoms. The molecule has 4 nitrogen and oxygen atoms in total. The Labute approximate surface area is 153 Å². The second-order valence-electron chi connectivity index (χ2n) is 6.60. The van der Waals surface area contributed by atoms with Gasteiger partial charge in [0.2, 0.25) is 5.91 Å². The Morgan fingerprint density at radius 3 is 1.84 bits per heavy atom. The van der Waals surface area contributed by atoms with Crippen molar-refractivity contribution < 1.29 is 4.79 Å². The van der Waals surface area contributed by atoms with Crippen LogP contribution in [0.5, 0.6) is 0 Å². The number of halogens is 1. The van der Waals surface area contributed by atoms with Gasteiger partial charge in [-0.05, 0) is 67.8 Å². The SMILES string of the molecule is O=C1CCCCN1c1ccc(N2CCCN2c2ccc(Cl)cc2)cc1. The second-order valence-corrected chi connectivity index (χ2v) is 7.03. The van der Waals surface area contributed by atoms with Gasteiger partial charge >= 0.3 is 0 Å². The largest absolute Gasteiger partial charge is 0.312 e. The normalized spacial score (nSPS) is 18.1. The van der Waals surface area contributed by atoms with Gasteiger partial charge in [0.25, 0.3) is 0 Å². The molecule has 2 saturated heterocycles. The number of carbonyl (C=O) groups is 1. The molecule has 0 atom stereocenters. The maximum absolute atomic E-state index is 12.1. The van der Waals surface area contributed by atoms with Gasteiger partial charge in [-0.1, -0.05) is 11.6 Å². The van der Waals surface area contributed by atoms with Crippen LogP contribution in [0.3, 0.4) is 0 Å². The molecule has 0 spiro atoms. The zero-order valence-corrected chi connectivity index (χ0v) is 15.0. The molecule has 0 bridgehead atoms. The molecule has 2 aliphatic rings. The van der Waals surface area contributed by atoms with E-state index in [1.165, 1.54) is 0 Å². The van der Waals surface area contributed by atoms with Crippen molar-refractivity contribution in [3.8, 4) is 0 Å². The number of benzene rings is 2. The van der Waals surface area contributed by atoms with Crippen molar-refractivity contribution in [1.29, 1.82) is 0 Å². The summed E-state index contributed by atoms with van der Waals surface area (Å²) in [5, 5.41) is 5.34. The van der Waals surface area contributed by atoms with Crippen molar-refractivity contribution >= 4 is 34.6 Å². The highest BCUT2D eigenvalue weighted by atomic mass is 35.5. The summed E-state index contributed by atoms with van der Waals surface area (Å²) in [6.45, 7) is 2.82. The summed E-state index contributed by atoms with van der Waals surface area (Å²) in [5.41, 5.74) is 3.31. The Bertz CT molecular complexity index is 745. The number of hydrogen-bond acceptors (Lipinski definition) is 3. The first-order valence-corrected chi connectivity index (χ1v) is 9.31. The van der Waals surface area contributed by atoms with Crippen molar-refractivity contribution in [3.05, 3.63) is 53.6 Å². The van der Waals surface area contributed by atoms with Gasteiger partial charge < -0.3 is 4.90 Å². The zero-order valence-electron chi connectivity index (χ0n) is 14.2. The van der Waals surface area contributed by atoms with Crippen LogP contribution in [0, 0.1) is 0 Å². The number of hydrazine groups is 1. The Morgan fingerprint density at radius 1 is 0.680 bits per heavy atom. The van der Waals surface area contributed by atoms with Gasteiger partial charge in [-0.2, -0.15) is 0 Å². The molecule has 0 N–H and O–H groups in total. The predicted molar refractivity (Wildman–Crippen MR) is 103 cm³/mol. The summed E-state index contributed by atoms with van der Waals surface area (Å²) in [5.74, 6) is 0.239. The van der Waals surface area contributed by atoms with E-state index in [1.54, 1.807) is 0 Å². The van der Waals surface area contributed by atoms with Gasteiger partial charge in [-0.3, -0.25) is 14.8 Å². The van der Waals surface area contributed by atoms with Crippen LogP contribution in [0.4, 0.5) is 17.1 Å². The van der Waals surface area contributed by atoms with E-state index in [1.807, 2.05) is 17.0 Å². The number of hydrogen-bond donors (Lipinski definition) is 0. The summed E-state index contributed by atoms with van der Waals surface area (Å²) in [6, 6.07) is 16.3. The van der Waals surface area contributed by atoms with Crippen LogP contribution in [0.1, 0.15) is 25.7 Å². The average Bonchev–Trinajstić information content (AvgIpc) is 3.13. The molecule has 1 amide bonds. The number of anilines is 3. The van der Waals surface area contributed by atoms with E-state index in [4.69, 9.17) is 11.6 Å². The third-order valence-electron chi connectivity index (χ3n) is 4.94. The molecular weight excluding hydrogens is 334 g/mol. The van der Waals surface area contributed by atoms with Crippen molar-refractivity contribution in [2.75, 3.05) is 34.6 Å². The maximum Gasteiger partial charge on any atom is 0.226 e. The molecule has 25 heavy (non-hydrogen) atoms. The molecular formula is C20H22ClN3O. The van der Waals surface area contributed by atoms with Crippen LogP contribution < -0.4 is 14.9 Å². The zero-order chi connectivity index (χ0) is 17.2. The molecule has 2 heterocycles. The van der Waals surface area contributed by atoms with Gasteiger partial charge in [-0.25, -0.2) is 0 Å². The Kier molecular flexibility index (Phi) is 4.53. The highest BCUT2D eigenvalue weighted by Crippen LogP contribution is 2.30. The average molecular weight is 356 g/mol. The summed E-state index contributed by atoms with van der Waals surface area (Å²) in [4.78, 5) is 14.0. The summed E-state index contributed by atoms with van der Waals surface area (Å²) >= 11 is 6.01. The van der Waals surface area contributed by atoms with Crippen molar-refractivity contribution in [3.63, 3.8) is 0 Å². The third-order valence-corrected chi connectivity index (χ3v) is 5.19. The van der Waals surface area contributed by atoms with Crippen LogP contribution in [0.15, 0.2) is 48.5 Å². The smallest absolute Gasteiger partial charge is 0.226 e. The van der Waals surface area contributed by atoms with E-state index in [0.29, 0.717) is 6.42 Å². The minimum Gasteiger partial charge on any atom is -0.312 e. The summed E-state index contributed by atoms with van der Waals surface area (Å²) in [6.07, 6.45) is 3.88. The molecule has 2 aromatic carbocycles. The lowest BCUT2D eigenvalue weighted by Gasteiger charge is -2.32. The standard InChI is InChI=1S/C20H22ClN3O/c21-16-5-7-18(8-6-16)23-14-3-15-24(23)19-11-9-17(10-12-19)22-13-2-1-4-20(22)25/h5-12H,1-4,13-15H2. The molecule has 0 aliphatic carbocycles. The van der Waals surface area contributed by atoms with E-state index < -0.39 is 0 Å². The molecule has 4 rings (SSSR count). The van der Waals surface area contributed by atoms with E-state index in [2.05, 4.69) is 46.4 Å². The van der Waals surface area contributed by atoms with Gasteiger partial charge in [0.05, 0.1) is 11.4 Å². The molecule has 0 saturated carbocycles. The fraction of sp³-hybridized carbons (Fsp3) is 0.350. The van der Waals surface area contributed by atoms with Crippen LogP contribution >= 0.6 is 11.6 Å². The first-order valence-electron chi connectivity index (χ1n) is 8.93. The molecule has 2 aliphatic heterocycles. The fourth-order valence-electron chi connectivity index (χ4n) is 3.65. The molecule has 2 aromatic rings. The quantitative estimate of drug-likeness (QED) is 0.811. The molecule has 0 aromatic heterocycles. The minimum absolute atomic E-state index is 0.239. The van der Waals surface area contributed by atoms with Crippen LogP contribution in [0.2, 0.25) is 5.02 Å². The van der Waals surface area contributed by atoms with Gasteiger partial charge in [0.1, 0.15) is 0 Å². The number of rotatable bonds is 3.